The Bertz CT molecular complexity index is 1990. The molecule has 2 N–H and O–H groups in total. The molecular weight excluding hydrogens is 623 g/mol. The van der Waals surface area contributed by atoms with Gasteiger partial charge in [-0.05, 0) is 55.0 Å². The van der Waals surface area contributed by atoms with E-state index in [2.05, 4.69) is 28.5 Å². The summed E-state index contributed by atoms with van der Waals surface area (Å²) in [5.41, 5.74) is 6.10. The van der Waals surface area contributed by atoms with Gasteiger partial charge in [-0.3, -0.25) is 9.59 Å². The molecule has 9 nitrogen and oxygen atoms in total. The Balaban J connectivity index is 1.36. The van der Waals surface area contributed by atoms with Gasteiger partial charge in [-0.25, -0.2) is 23.1 Å². The van der Waals surface area contributed by atoms with Gasteiger partial charge in [0.25, 0.3) is 10.0 Å². The van der Waals surface area contributed by atoms with Crippen LogP contribution >= 0.6 is 0 Å². The lowest BCUT2D eigenvalue weighted by Gasteiger charge is -2.13. The van der Waals surface area contributed by atoms with E-state index in [1.54, 1.807) is 18.2 Å². The zero-order valence-electron chi connectivity index (χ0n) is 27.8. The van der Waals surface area contributed by atoms with Crippen molar-refractivity contribution in [3.63, 3.8) is 0 Å². The van der Waals surface area contributed by atoms with Gasteiger partial charge in [0.2, 0.25) is 11.8 Å². The molecule has 2 aromatic heterocycles. The molecule has 2 heterocycles. The molecule has 250 valence electrons. The van der Waals surface area contributed by atoms with Gasteiger partial charge in [0.1, 0.15) is 11.3 Å². The number of rotatable bonds is 15. The third-order valence-corrected chi connectivity index (χ3v) is 9.72. The van der Waals surface area contributed by atoms with Crippen LogP contribution in [0.3, 0.4) is 0 Å². The molecule has 0 atom stereocenters. The maximum Gasteiger partial charge on any atom is 0.264 e. The lowest BCUT2D eigenvalue weighted by molar-refractivity contribution is -0.119. The van der Waals surface area contributed by atoms with Crippen LogP contribution in [0.1, 0.15) is 75.0 Å². The number of nitrogens with one attached hydrogen (secondary N) is 2. The summed E-state index contributed by atoms with van der Waals surface area (Å²) in [6.45, 7) is 6.63. The molecule has 0 spiro atoms. The van der Waals surface area contributed by atoms with Crippen LogP contribution in [-0.2, 0) is 39.0 Å². The lowest BCUT2D eigenvalue weighted by atomic mass is 10.0. The van der Waals surface area contributed by atoms with Gasteiger partial charge in [-0.15, -0.1) is 0 Å². The van der Waals surface area contributed by atoms with Crippen LogP contribution in [0.5, 0.6) is 0 Å². The monoisotopic (exact) mass is 665 g/mol. The molecule has 0 bridgehead atoms. The number of anilines is 1. The standard InChI is InChI=1S/C38H43N5O4S/c1-4-6-17-35-40-33-25-32(41-36(44)18-7-5-2)27(3)39-38(33)43(35)26-29-19-22-30(23-20-29)31-15-11-12-16-34(31)48(46,47)42-37(45)24-21-28-13-9-8-10-14-28/h8-16,19-20,22-23,25H,4-7,17-18,21,24,26H2,1-3H3,(H,41,44)(H,42,45). The first-order valence-electron chi connectivity index (χ1n) is 16.6. The Morgan fingerprint density at radius 2 is 1.48 bits per heavy atom. The minimum Gasteiger partial charge on any atom is -0.324 e. The molecule has 0 saturated carbocycles. The predicted octanol–water partition coefficient (Wildman–Crippen LogP) is 7.36. The number of hydrogen-bond acceptors (Lipinski definition) is 6. The predicted molar refractivity (Wildman–Crippen MR) is 190 cm³/mol. The molecule has 5 aromatic rings. The van der Waals surface area contributed by atoms with Crippen molar-refractivity contribution in [1.29, 1.82) is 0 Å². The fourth-order valence-electron chi connectivity index (χ4n) is 5.62. The summed E-state index contributed by atoms with van der Waals surface area (Å²) in [4.78, 5) is 34.9. The highest BCUT2D eigenvalue weighted by Crippen LogP contribution is 2.29. The van der Waals surface area contributed by atoms with Crippen LogP contribution < -0.4 is 10.0 Å². The third kappa shape index (κ3) is 8.55. The van der Waals surface area contributed by atoms with Gasteiger partial charge in [0.15, 0.2) is 5.65 Å². The van der Waals surface area contributed by atoms with Crippen molar-refractivity contribution in [2.75, 3.05) is 5.32 Å². The fraction of sp³-hybridized carbons (Fsp3) is 0.316. The van der Waals surface area contributed by atoms with E-state index in [0.717, 1.165) is 71.5 Å². The highest BCUT2D eigenvalue weighted by atomic mass is 32.2. The number of fused-ring (bicyclic) bond motifs is 1. The summed E-state index contributed by atoms with van der Waals surface area (Å²) in [6.07, 6.45) is 5.58. The number of carbonyl (C=O) groups excluding carboxylic acids is 2. The number of hydrogen-bond donors (Lipinski definition) is 2. The zero-order valence-corrected chi connectivity index (χ0v) is 28.6. The number of amides is 2. The molecule has 0 radical (unpaired) electrons. The average Bonchev–Trinajstić information content (AvgIpc) is 3.41. The number of benzene rings is 3. The quantitative estimate of drug-likeness (QED) is 0.120. The van der Waals surface area contributed by atoms with Crippen LogP contribution in [0, 0.1) is 6.92 Å². The normalized spacial score (nSPS) is 11.5. The number of carbonyl (C=O) groups is 2. The van der Waals surface area contributed by atoms with E-state index in [-0.39, 0.29) is 17.2 Å². The summed E-state index contributed by atoms with van der Waals surface area (Å²) >= 11 is 0. The van der Waals surface area contributed by atoms with Crippen molar-refractivity contribution in [2.24, 2.45) is 0 Å². The summed E-state index contributed by atoms with van der Waals surface area (Å²) < 4.78 is 31.1. The van der Waals surface area contributed by atoms with Crippen molar-refractivity contribution < 1.29 is 18.0 Å². The molecule has 48 heavy (non-hydrogen) atoms. The van der Waals surface area contributed by atoms with Gasteiger partial charge in [0, 0.05) is 24.8 Å². The Labute approximate surface area is 282 Å². The van der Waals surface area contributed by atoms with Crippen molar-refractivity contribution >= 4 is 38.7 Å². The molecule has 3 aromatic carbocycles. The minimum atomic E-state index is -4.10. The Kier molecular flexibility index (Phi) is 11.4. The second kappa shape index (κ2) is 15.8. The third-order valence-electron chi connectivity index (χ3n) is 8.29. The van der Waals surface area contributed by atoms with Gasteiger partial charge < -0.3 is 9.88 Å². The van der Waals surface area contributed by atoms with E-state index in [1.807, 2.05) is 67.6 Å². The Hall–Kier alpha value is -4.83. The number of sulfonamides is 1. The van der Waals surface area contributed by atoms with E-state index in [4.69, 9.17) is 9.97 Å². The summed E-state index contributed by atoms with van der Waals surface area (Å²) in [6, 6.07) is 25.8. The Morgan fingerprint density at radius 3 is 2.21 bits per heavy atom. The number of aryl methyl sites for hydroxylation is 3. The maximum absolute atomic E-state index is 13.4. The fourth-order valence-corrected chi connectivity index (χ4v) is 6.87. The summed E-state index contributed by atoms with van der Waals surface area (Å²) in [5.74, 6) is 0.355. The van der Waals surface area contributed by atoms with E-state index in [9.17, 15) is 18.0 Å². The first kappa shape index (κ1) is 34.5. The van der Waals surface area contributed by atoms with Crippen LogP contribution in [0.25, 0.3) is 22.3 Å². The van der Waals surface area contributed by atoms with E-state index in [1.165, 1.54) is 6.07 Å². The summed E-state index contributed by atoms with van der Waals surface area (Å²) in [7, 11) is -4.10. The number of pyridine rings is 1. The van der Waals surface area contributed by atoms with Crippen molar-refractivity contribution in [3.05, 3.63) is 108 Å². The molecule has 2 amide bonds. The summed E-state index contributed by atoms with van der Waals surface area (Å²) in [5, 5.41) is 3.00. The highest BCUT2D eigenvalue weighted by molar-refractivity contribution is 7.90. The topological polar surface area (TPSA) is 123 Å². The Morgan fingerprint density at radius 1 is 0.771 bits per heavy atom. The molecule has 10 heteroatoms. The van der Waals surface area contributed by atoms with Gasteiger partial charge in [-0.2, -0.15) is 0 Å². The van der Waals surface area contributed by atoms with Gasteiger partial charge >= 0.3 is 0 Å². The number of unbranched alkanes of at least 4 members (excludes halogenated alkanes) is 2. The molecular formula is C38H43N5O4S. The van der Waals surface area contributed by atoms with E-state index < -0.39 is 15.9 Å². The second-order valence-corrected chi connectivity index (χ2v) is 13.7. The van der Waals surface area contributed by atoms with Crippen LogP contribution in [-0.4, -0.2) is 34.8 Å². The zero-order chi connectivity index (χ0) is 34.1. The van der Waals surface area contributed by atoms with E-state index in [0.29, 0.717) is 30.6 Å². The molecule has 0 aliphatic rings. The maximum atomic E-state index is 13.4. The van der Waals surface area contributed by atoms with Crippen LogP contribution in [0.15, 0.2) is 89.8 Å². The second-order valence-electron chi connectivity index (χ2n) is 12.0. The average molecular weight is 666 g/mol. The SMILES string of the molecule is CCCCC(=O)Nc1cc2nc(CCCC)n(Cc3ccc(-c4ccccc4S(=O)(=O)NC(=O)CCc4ccccc4)cc3)c2nc1C. The molecule has 0 saturated heterocycles. The number of nitrogens with zero attached hydrogens (tertiary/aromatic N) is 3. The van der Waals surface area contributed by atoms with Crippen molar-refractivity contribution in [1.82, 2.24) is 19.3 Å². The first-order valence-corrected chi connectivity index (χ1v) is 18.1. The van der Waals surface area contributed by atoms with E-state index >= 15 is 0 Å². The molecule has 0 fully saturated rings. The number of aromatic nitrogens is 3. The first-order chi connectivity index (χ1) is 23.2. The van der Waals surface area contributed by atoms with Crippen molar-refractivity contribution in [3.8, 4) is 11.1 Å². The molecule has 0 unspecified atom stereocenters. The molecule has 5 rings (SSSR count). The largest absolute Gasteiger partial charge is 0.324 e. The highest BCUT2D eigenvalue weighted by Gasteiger charge is 2.22. The molecule has 0 aliphatic heterocycles. The smallest absolute Gasteiger partial charge is 0.264 e. The van der Waals surface area contributed by atoms with Gasteiger partial charge in [-0.1, -0.05) is 99.5 Å². The number of imidazole rings is 1. The van der Waals surface area contributed by atoms with Crippen LogP contribution in [0.2, 0.25) is 0 Å². The molecule has 0 aliphatic carbocycles. The van der Waals surface area contributed by atoms with Gasteiger partial charge in [0.05, 0.1) is 22.8 Å². The lowest BCUT2D eigenvalue weighted by Crippen LogP contribution is -2.31. The van der Waals surface area contributed by atoms with Crippen molar-refractivity contribution in [2.45, 2.75) is 83.6 Å². The van der Waals surface area contributed by atoms with Crippen LogP contribution in [0.4, 0.5) is 5.69 Å². The minimum absolute atomic E-state index is 0.0216.